The number of guanidine groups is 1. The van der Waals surface area contributed by atoms with Crippen molar-refractivity contribution in [1.82, 2.24) is 25.4 Å². The molecular weight excluding hydrogens is 455 g/mol. The largest absolute Gasteiger partial charge is 0.356 e. The van der Waals surface area contributed by atoms with Crippen LogP contribution in [0.25, 0.3) is 0 Å². The highest BCUT2D eigenvalue weighted by Gasteiger charge is 2.22. The molecule has 2 rings (SSSR count). The third kappa shape index (κ3) is 8.42. The monoisotopic (exact) mass is 488 g/mol. The van der Waals surface area contributed by atoms with Crippen LogP contribution in [0.2, 0.25) is 0 Å². The van der Waals surface area contributed by atoms with E-state index in [1.165, 1.54) is 19.4 Å². The first-order chi connectivity index (χ1) is 12.6. The van der Waals surface area contributed by atoms with Crippen LogP contribution in [0.1, 0.15) is 25.5 Å². The van der Waals surface area contributed by atoms with Crippen LogP contribution in [-0.2, 0) is 11.2 Å². The number of amides is 1. The van der Waals surface area contributed by atoms with E-state index in [4.69, 9.17) is 0 Å². The van der Waals surface area contributed by atoms with Gasteiger partial charge >= 0.3 is 0 Å². The molecule has 1 atom stereocenters. The number of nitrogens with zero attached hydrogens (tertiary/aromatic N) is 4. The van der Waals surface area contributed by atoms with Crippen LogP contribution < -0.4 is 10.6 Å². The lowest BCUT2D eigenvalue weighted by Crippen LogP contribution is -2.45. The second kappa shape index (κ2) is 12.9. The van der Waals surface area contributed by atoms with Crippen molar-refractivity contribution in [3.8, 4) is 0 Å². The second-order valence-corrected chi connectivity index (χ2v) is 6.76. The van der Waals surface area contributed by atoms with Crippen LogP contribution in [0.5, 0.6) is 0 Å². The predicted molar refractivity (Wildman–Crippen MR) is 121 cm³/mol. The van der Waals surface area contributed by atoms with Crippen LogP contribution in [0, 0.1) is 0 Å². The number of likely N-dealkylation sites (tertiary alicyclic amines) is 1. The fourth-order valence-corrected chi connectivity index (χ4v) is 3.07. The van der Waals surface area contributed by atoms with E-state index in [1.54, 1.807) is 25.2 Å². The molecule has 1 aromatic heterocycles. The lowest BCUT2D eigenvalue weighted by atomic mass is 10.2. The second-order valence-electron chi connectivity index (χ2n) is 6.76. The van der Waals surface area contributed by atoms with Crippen molar-refractivity contribution in [3.63, 3.8) is 0 Å². The molecule has 0 aromatic carbocycles. The van der Waals surface area contributed by atoms with Gasteiger partial charge in [-0.15, -0.1) is 24.0 Å². The zero-order valence-electron chi connectivity index (χ0n) is 16.6. The van der Waals surface area contributed by atoms with Crippen molar-refractivity contribution in [2.24, 2.45) is 4.99 Å². The molecule has 2 heterocycles. The average molecular weight is 488 g/mol. The van der Waals surface area contributed by atoms with Gasteiger partial charge in [-0.2, -0.15) is 0 Å². The van der Waals surface area contributed by atoms with Gasteiger partial charge in [-0.1, -0.05) is 13.0 Å². The molecule has 1 saturated heterocycles. The van der Waals surface area contributed by atoms with E-state index in [9.17, 15) is 4.79 Å². The van der Waals surface area contributed by atoms with Gasteiger partial charge in [-0.05, 0) is 38.1 Å². The van der Waals surface area contributed by atoms with E-state index >= 15 is 0 Å². The minimum atomic E-state index is -0.00752. The molecule has 1 aliphatic heterocycles. The van der Waals surface area contributed by atoms with E-state index in [0.717, 1.165) is 31.7 Å². The summed E-state index contributed by atoms with van der Waals surface area (Å²) in [5.41, 5.74) is 1.04. The predicted octanol–water partition coefficient (Wildman–Crippen LogP) is 1.35. The van der Waals surface area contributed by atoms with E-state index in [0.29, 0.717) is 12.0 Å². The minimum absolute atomic E-state index is 0. The molecular formula is C19H33IN6O. The molecule has 27 heavy (non-hydrogen) atoms. The number of aliphatic imine (C=N–C) groups is 1. The quantitative estimate of drug-likeness (QED) is 0.329. The first kappa shape index (κ1) is 23.6. The van der Waals surface area contributed by atoms with Crippen LogP contribution in [-0.4, -0.2) is 79.5 Å². The Bertz CT molecular complexity index is 581. The summed E-state index contributed by atoms with van der Waals surface area (Å²) >= 11 is 0. The molecule has 0 bridgehead atoms. The maximum Gasteiger partial charge on any atom is 0.243 e. The Labute approximate surface area is 180 Å². The number of hydrogen-bond donors (Lipinski definition) is 2. The molecule has 152 valence electrons. The number of aromatic nitrogens is 1. The van der Waals surface area contributed by atoms with E-state index in [2.05, 4.69) is 32.4 Å². The molecule has 2 N–H and O–H groups in total. The first-order valence-electron chi connectivity index (χ1n) is 9.46. The van der Waals surface area contributed by atoms with Gasteiger partial charge < -0.3 is 15.5 Å². The topological polar surface area (TPSA) is 72.9 Å². The molecule has 7 nitrogen and oxygen atoms in total. The average Bonchev–Trinajstić information content (AvgIpc) is 3.11. The molecule has 0 radical (unpaired) electrons. The highest BCUT2D eigenvalue weighted by molar-refractivity contribution is 14.0. The van der Waals surface area contributed by atoms with Crippen LogP contribution >= 0.6 is 24.0 Å². The van der Waals surface area contributed by atoms with Crippen molar-refractivity contribution in [2.75, 3.05) is 46.8 Å². The molecule has 0 aliphatic carbocycles. The van der Waals surface area contributed by atoms with Crippen molar-refractivity contribution in [3.05, 3.63) is 30.1 Å². The Hall–Kier alpha value is -1.42. The van der Waals surface area contributed by atoms with Gasteiger partial charge in [0.1, 0.15) is 6.54 Å². The molecule has 1 aromatic rings. The number of carbonyl (C=O) groups excluding carboxylic acids is 1. The summed E-state index contributed by atoms with van der Waals surface area (Å²) in [4.78, 5) is 24.7. The maximum absolute atomic E-state index is 11.8. The van der Waals surface area contributed by atoms with Crippen molar-refractivity contribution in [2.45, 2.75) is 32.2 Å². The van der Waals surface area contributed by atoms with Crippen LogP contribution in [0.15, 0.2) is 29.4 Å². The van der Waals surface area contributed by atoms with E-state index in [1.807, 2.05) is 18.2 Å². The number of halogens is 1. The summed E-state index contributed by atoms with van der Waals surface area (Å²) in [7, 11) is 3.49. The SMILES string of the molecule is CCN1CCCC1CNC(=NCC(=O)N(C)C)NCCc1ccccn1.I. The number of hydrogen-bond acceptors (Lipinski definition) is 4. The summed E-state index contributed by atoms with van der Waals surface area (Å²) in [6.07, 6.45) is 5.07. The highest BCUT2D eigenvalue weighted by Crippen LogP contribution is 2.15. The first-order valence-corrected chi connectivity index (χ1v) is 9.46. The Morgan fingerprint density at radius 2 is 2.19 bits per heavy atom. The number of carbonyl (C=O) groups is 1. The maximum atomic E-state index is 11.8. The third-order valence-electron chi connectivity index (χ3n) is 4.68. The highest BCUT2D eigenvalue weighted by atomic mass is 127. The molecule has 8 heteroatoms. The van der Waals surface area contributed by atoms with E-state index < -0.39 is 0 Å². The Morgan fingerprint density at radius 1 is 1.37 bits per heavy atom. The summed E-state index contributed by atoms with van der Waals surface area (Å²) in [5.74, 6) is 0.686. The van der Waals surface area contributed by atoms with Gasteiger partial charge in [-0.3, -0.25) is 14.7 Å². The summed E-state index contributed by atoms with van der Waals surface area (Å²) in [6.45, 7) is 6.16. The van der Waals surface area contributed by atoms with Crippen LogP contribution in [0.4, 0.5) is 0 Å². The normalized spacial score (nSPS) is 17.3. The van der Waals surface area contributed by atoms with Gasteiger partial charge in [0.25, 0.3) is 0 Å². The zero-order valence-corrected chi connectivity index (χ0v) is 19.0. The molecule has 0 saturated carbocycles. The molecule has 0 spiro atoms. The summed E-state index contributed by atoms with van der Waals surface area (Å²) < 4.78 is 0. The summed E-state index contributed by atoms with van der Waals surface area (Å²) in [6, 6.07) is 6.45. The van der Waals surface area contributed by atoms with Crippen molar-refractivity contribution >= 4 is 35.8 Å². The third-order valence-corrected chi connectivity index (χ3v) is 4.68. The summed E-state index contributed by atoms with van der Waals surface area (Å²) in [5, 5.41) is 6.74. The molecule has 1 unspecified atom stereocenters. The Balaban J connectivity index is 0.00000364. The minimum Gasteiger partial charge on any atom is -0.356 e. The fourth-order valence-electron chi connectivity index (χ4n) is 3.07. The number of likely N-dealkylation sites (N-methyl/N-ethyl adjacent to an activating group) is 2. The van der Waals surface area contributed by atoms with E-state index in [-0.39, 0.29) is 36.4 Å². The Morgan fingerprint density at radius 3 is 2.85 bits per heavy atom. The van der Waals surface area contributed by atoms with Crippen molar-refractivity contribution < 1.29 is 4.79 Å². The lowest BCUT2D eigenvalue weighted by Gasteiger charge is -2.24. The van der Waals surface area contributed by atoms with Gasteiger partial charge in [-0.25, -0.2) is 4.99 Å². The van der Waals surface area contributed by atoms with Crippen molar-refractivity contribution in [1.29, 1.82) is 0 Å². The zero-order chi connectivity index (χ0) is 18.8. The van der Waals surface area contributed by atoms with Gasteiger partial charge in [0, 0.05) is 51.5 Å². The molecule has 1 aliphatic rings. The Kier molecular flexibility index (Phi) is 11.3. The molecule has 1 amide bonds. The van der Waals surface area contributed by atoms with Crippen LogP contribution in [0.3, 0.4) is 0 Å². The van der Waals surface area contributed by atoms with Gasteiger partial charge in [0.2, 0.25) is 5.91 Å². The number of pyridine rings is 1. The number of nitrogens with one attached hydrogen (secondary N) is 2. The fraction of sp³-hybridized carbons (Fsp3) is 0.632. The molecule has 1 fully saturated rings. The standard InChI is InChI=1S/C19H32N6O.HI/c1-4-25-13-7-9-17(25)14-22-19(23-15-18(26)24(2)3)21-12-10-16-8-5-6-11-20-16;/h5-6,8,11,17H,4,7,9-10,12-15H2,1-3H3,(H2,21,22,23);1H. The van der Waals surface area contributed by atoms with Gasteiger partial charge in [0.15, 0.2) is 5.96 Å². The lowest BCUT2D eigenvalue weighted by molar-refractivity contribution is -0.127. The number of rotatable bonds is 8. The van der Waals surface area contributed by atoms with Gasteiger partial charge in [0.05, 0.1) is 0 Å². The smallest absolute Gasteiger partial charge is 0.243 e.